The van der Waals surface area contributed by atoms with Crippen LogP contribution in [-0.4, -0.2) is 59.4 Å². The quantitative estimate of drug-likeness (QED) is 0.322. The monoisotopic (exact) mass is 529 g/mol. The molecule has 1 aliphatic heterocycles. The van der Waals surface area contributed by atoms with Crippen molar-refractivity contribution < 1.29 is 45.4 Å². The number of rotatable bonds is 7. The number of anilines is 1. The summed E-state index contributed by atoms with van der Waals surface area (Å²) in [5.74, 6) is -0.453. The fourth-order valence-electron chi connectivity index (χ4n) is 4.25. The Kier molecular flexibility index (Phi) is 8.24. The van der Waals surface area contributed by atoms with E-state index in [1.54, 1.807) is 54.6 Å². The highest BCUT2D eigenvalue weighted by atomic mass is 79.9. The van der Waals surface area contributed by atoms with Gasteiger partial charge in [0.25, 0.3) is 5.91 Å². The largest absolute Gasteiger partial charge is 1.00 e. The van der Waals surface area contributed by atoms with Crippen LogP contribution in [0.25, 0.3) is 0 Å². The van der Waals surface area contributed by atoms with Gasteiger partial charge in [0.05, 0.1) is 20.1 Å². The van der Waals surface area contributed by atoms with Crippen LogP contribution in [0.5, 0.6) is 0 Å². The van der Waals surface area contributed by atoms with Crippen molar-refractivity contribution in [1.82, 2.24) is 5.16 Å². The van der Waals surface area contributed by atoms with Crippen LogP contribution in [0.1, 0.15) is 24.0 Å². The van der Waals surface area contributed by atoms with Crippen LogP contribution in [0.2, 0.25) is 0 Å². The third-order valence-corrected chi connectivity index (χ3v) is 6.16. The number of quaternary nitrogens is 1. The zero-order valence-corrected chi connectivity index (χ0v) is 20.5. The number of carbonyl (C=O) groups excluding carboxylic acids is 2. The lowest BCUT2D eigenvalue weighted by Crippen LogP contribution is -3.00. The molecule has 0 unspecified atom stereocenters. The van der Waals surface area contributed by atoms with Crippen LogP contribution in [0.3, 0.4) is 0 Å². The topological polar surface area (TPSA) is 102 Å². The van der Waals surface area contributed by atoms with Crippen molar-refractivity contribution in [2.24, 2.45) is 0 Å². The fraction of sp³-hybridized carbons (Fsp3) is 0.320. The first-order valence-electron chi connectivity index (χ1n) is 11.0. The summed E-state index contributed by atoms with van der Waals surface area (Å²) in [5, 5.41) is 18.0. The Hall–Kier alpha value is -3.01. The van der Waals surface area contributed by atoms with E-state index in [9.17, 15) is 14.7 Å². The fourth-order valence-corrected chi connectivity index (χ4v) is 4.25. The summed E-state index contributed by atoms with van der Waals surface area (Å²) in [7, 11) is 2.00. The van der Waals surface area contributed by atoms with Crippen molar-refractivity contribution in [3.8, 4) is 0 Å². The Bertz CT molecular complexity index is 1030. The van der Waals surface area contributed by atoms with Crippen molar-refractivity contribution >= 4 is 17.7 Å². The van der Waals surface area contributed by atoms with Crippen molar-refractivity contribution in [3.63, 3.8) is 0 Å². The number of benzene rings is 2. The average molecular weight is 530 g/mol. The maximum atomic E-state index is 13.3. The molecule has 1 fully saturated rings. The number of esters is 1. The van der Waals surface area contributed by atoms with Crippen molar-refractivity contribution in [3.05, 3.63) is 84.1 Å². The maximum Gasteiger partial charge on any atom is 0.347 e. The van der Waals surface area contributed by atoms with E-state index in [0.29, 0.717) is 47.4 Å². The number of nitrogens with zero attached hydrogens (tertiary/aromatic N) is 2. The SMILES string of the molecule is C[N+]1(CC(=O)Nc2ccon2)CCC(OC(=O)C(O)(c2ccccc2)c2ccccc2)CC1.[Br-]. The Labute approximate surface area is 208 Å². The molecular weight excluding hydrogens is 502 g/mol. The number of aliphatic hydroxyl groups is 1. The van der Waals surface area contributed by atoms with Gasteiger partial charge in [0.2, 0.25) is 5.60 Å². The number of hydrogen-bond donors (Lipinski definition) is 2. The lowest BCUT2D eigenvalue weighted by atomic mass is 9.86. The molecule has 0 radical (unpaired) electrons. The van der Waals surface area contributed by atoms with Gasteiger partial charge >= 0.3 is 5.97 Å². The molecule has 1 aromatic heterocycles. The Morgan fingerprint density at radius 2 is 1.62 bits per heavy atom. The number of halogens is 1. The maximum absolute atomic E-state index is 13.3. The number of amides is 1. The van der Waals surface area contributed by atoms with Gasteiger partial charge in [-0.25, -0.2) is 4.79 Å². The van der Waals surface area contributed by atoms with Crippen molar-refractivity contribution in [2.45, 2.75) is 24.5 Å². The van der Waals surface area contributed by atoms with E-state index in [0.717, 1.165) is 0 Å². The molecule has 4 rings (SSSR count). The summed E-state index contributed by atoms with van der Waals surface area (Å²) >= 11 is 0. The number of ether oxygens (including phenoxy) is 1. The number of piperidine rings is 1. The summed E-state index contributed by atoms with van der Waals surface area (Å²) < 4.78 is 11.1. The van der Waals surface area contributed by atoms with E-state index in [1.165, 1.54) is 6.26 Å². The van der Waals surface area contributed by atoms with E-state index in [2.05, 4.69) is 10.5 Å². The highest BCUT2D eigenvalue weighted by molar-refractivity contribution is 5.90. The second kappa shape index (κ2) is 10.9. The predicted octanol–water partition coefficient (Wildman–Crippen LogP) is -0.295. The molecule has 2 heterocycles. The minimum Gasteiger partial charge on any atom is -1.00 e. The molecule has 2 N–H and O–H groups in total. The highest BCUT2D eigenvalue weighted by Gasteiger charge is 2.44. The Morgan fingerprint density at radius 1 is 1.06 bits per heavy atom. The minimum absolute atomic E-state index is 0. The van der Waals surface area contributed by atoms with E-state index in [4.69, 9.17) is 9.26 Å². The van der Waals surface area contributed by atoms with Gasteiger partial charge in [0.1, 0.15) is 12.4 Å². The molecule has 0 bridgehead atoms. The van der Waals surface area contributed by atoms with Gasteiger partial charge in [-0.2, -0.15) is 0 Å². The normalized spacial score (nSPS) is 20.1. The first-order chi connectivity index (χ1) is 15.9. The van der Waals surface area contributed by atoms with Crippen LogP contribution in [-0.2, 0) is 19.9 Å². The number of likely N-dealkylation sites (N-methyl/N-ethyl adjacent to an activating group) is 1. The molecule has 8 nitrogen and oxygen atoms in total. The zero-order chi connectivity index (χ0) is 23.3. The Balaban J connectivity index is 0.00000324. The molecule has 1 amide bonds. The first-order valence-corrected chi connectivity index (χ1v) is 11.0. The van der Waals surface area contributed by atoms with Gasteiger partial charge in [-0.3, -0.25) is 4.79 Å². The predicted molar refractivity (Wildman–Crippen MR) is 121 cm³/mol. The third-order valence-electron chi connectivity index (χ3n) is 6.16. The molecule has 9 heteroatoms. The molecule has 1 saturated heterocycles. The van der Waals surface area contributed by atoms with Gasteiger partial charge in [0.15, 0.2) is 12.4 Å². The lowest BCUT2D eigenvalue weighted by Gasteiger charge is -2.40. The molecule has 180 valence electrons. The molecule has 0 atom stereocenters. The number of aromatic nitrogens is 1. The molecule has 2 aromatic carbocycles. The molecule has 0 saturated carbocycles. The number of carbonyl (C=O) groups is 2. The highest BCUT2D eigenvalue weighted by Crippen LogP contribution is 2.32. The van der Waals surface area contributed by atoms with Crippen LogP contribution >= 0.6 is 0 Å². The van der Waals surface area contributed by atoms with Crippen molar-refractivity contribution in [2.75, 3.05) is 32.0 Å². The molecule has 0 spiro atoms. The second-order valence-electron chi connectivity index (χ2n) is 8.70. The summed E-state index contributed by atoms with van der Waals surface area (Å²) in [6, 6.07) is 19.3. The smallest absolute Gasteiger partial charge is 0.347 e. The van der Waals surface area contributed by atoms with Gasteiger partial charge in [-0.1, -0.05) is 65.8 Å². The lowest BCUT2D eigenvalue weighted by molar-refractivity contribution is -0.907. The van der Waals surface area contributed by atoms with Crippen molar-refractivity contribution in [1.29, 1.82) is 0 Å². The van der Waals surface area contributed by atoms with E-state index in [-0.39, 0.29) is 35.5 Å². The van der Waals surface area contributed by atoms with E-state index < -0.39 is 11.6 Å². The van der Waals surface area contributed by atoms with Gasteiger partial charge in [-0.05, 0) is 11.1 Å². The minimum atomic E-state index is -1.89. The number of likely N-dealkylation sites (tertiary alicyclic amines) is 1. The first kappa shape index (κ1) is 25.6. The van der Waals surface area contributed by atoms with Gasteiger partial charge < -0.3 is 41.1 Å². The molecule has 0 aliphatic carbocycles. The van der Waals surface area contributed by atoms with E-state index in [1.807, 2.05) is 19.2 Å². The van der Waals surface area contributed by atoms with Crippen LogP contribution in [0.15, 0.2) is 77.5 Å². The van der Waals surface area contributed by atoms with Gasteiger partial charge in [0, 0.05) is 18.9 Å². The van der Waals surface area contributed by atoms with Crippen LogP contribution in [0, 0.1) is 0 Å². The molecule has 1 aliphatic rings. The summed E-state index contributed by atoms with van der Waals surface area (Å²) in [4.78, 5) is 25.7. The van der Waals surface area contributed by atoms with Crippen LogP contribution in [0.4, 0.5) is 5.82 Å². The van der Waals surface area contributed by atoms with Crippen LogP contribution < -0.4 is 22.3 Å². The standard InChI is InChI=1S/C25H27N3O5.BrH/c1-28(18-23(29)26-22-14-17-32-27-22)15-12-21(13-16-28)33-24(30)25(31,19-8-4-2-5-9-19)20-10-6-3-7-11-20;/h2-11,14,17,21,31H,12-13,15-16,18H2,1H3;1H. The second-order valence-corrected chi connectivity index (χ2v) is 8.70. The number of hydrogen-bond acceptors (Lipinski definition) is 6. The number of nitrogens with one attached hydrogen (secondary N) is 1. The summed E-state index contributed by atoms with van der Waals surface area (Å²) in [5.41, 5.74) is -0.973. The molecule has 34 heavy (non-hydrogen) atoms. The summed E-state index contributed by atoms with van der Waals surface area (Å²) in [6.07, 6.45) is 2.26. The molecular formula is C25H28BrN3O5. The summed E-state index contributed by atoms with van der Waals surface area (Å²) in [6.45, 7) is 1.62. The van der Waals surface area contributed by atoms with Gasteiger partial charge in [-0.15, -0.1) is 0 Å². The third kappa shape index (κ3) is 5.72. The zero-order valence-electron chi connectivity index (χ0n) is 18.9. The van der Waals surface area contributed by atoms with E-state index >= 15 is 0 Å². The average Bonchev–Trinajstić information content (AvgIpc) is 3.34. The Morgan fingerprint density at radius 3 is 2.12 bits per heavy atom. The molecule has 3 aromatic rings.